The monoisotopic (exact) mass is 378 g/mol. The number of amides is 1. The van der Waals surface area contributed by atoms with E-state index >= 15 is 0 Å². The van der Waals surface area contributed by atoms with Gasteiger partial charge in [0.05, 0.1) is 29.9 Å². The van der Waals surface area contributed by atoms with Crippen LogP contribution in [-0.4, -0.2) is 41.7 Å². The van der Waals surface area contributed by atoms with E-state index in [0.717, 1.165) is 0 Å². The summed E-state index contributed by atoms with van der Waals surface area (Å²) in [5.74, 6) is 0.216. The van der Waals surface area contributed by atoms with Crippen molar-refractivity contribution in [2.75, 3.05) is 32.1 Å². The van der Waals surface area contributed by atoms with Gasteiger partial charge >= 0.3 is 0 Å². The fourth-order valence-electron chi connectivity index (χ4n) is 2.35. The molecule has 26 heavy (non-hydrogen) atoms. The minimum atomic E-state index is -3.85. The molecule has 2 aromatic carbocycles. The second kappa shape index (κ2) is 8.68. The van der Waals surface area contributed by atoms with Crippen molar-refractivity contribution in [1.82, 2.24) is 5.32 Å². The summed E-state index contributed by atoms with van der Waals surface area (Å²) in [7, 11) is -0.798. The Balaban J connectivity index is 2.27. The molecular formula is C18H22N2O5S. The molecule has 0 spiro atoms. The van der Waals surface area contributed by atoms with E-state index < -0.39 is 10.0 Å². The van der Waals surface area contributed by atoms with Crippen LogP contribution in [-0.2, 0) is 14.8 Å². The summed E-state index contributed by atoms with van der Waals surface area (Å²) in [6.45, 7) is 2.45. The van der Waals surface area contributed by atoms with Crippen molar-refractivity contribution in [1.29, 1.82) is 0 Å². The maximum atomic E-state index is 12.7. The van der Waals surface area contributed by atoms with Crippen molar-refractivity contribution in [2.24, 2.45) is 0 Å². The number of rotatable bonds is 8. The molecule has 0 aromatic heterocycles. The number of sulfonamides is 1. The Kier molecular flexibility index (Phi) is 6.59. The van der Waals surface area contributed by atoms with Crippen LogP contribution in [0.3, 0.4) is 0 Å². The Morgan fingerprint density at radius 2 is 1.85 bits per heavy atom. The number of hydrogen-bond donors (Lipinski definition) is 2. The van der Waals surface area contributed by atoms with E-state index in [1.165, 1.54) is 26.4 Å². The van der Waals surface area contributed by atoms with E-state index in [2.05, 4.69) is 10.0 Å². The number of benzene rings is 2. The van der Waals surface area contributed by atoms with Crippen LogP contribution in [0.1, 0.15) is 15.9 Å². The molecule has 0 saturated heterocycles. The molecule has 0 aliphatic carbocycles. The largest absolute Gasteiger partial charge is 0.496 e. The second-order valence-corrected chi connectivity index (χ2v) is 7.21. The number of carbonyl (C=O) groups is 1. The van der Waals surface area contributed by atoms with Crippen molar-refractivity contribution in [3.63, 3.8) is 0 Å². The molecule has 2 aromatic rings. The number of hydrogen-bond acceptors (Lipinski definition) is 5. The van der Waals surface area contributed by atoms with Gasteiger partial charge in [-0.25, -0.2) is 8.42 Å². The zero-order valence-corrected chi connectivity index (χ0v) is 15.7. The zero-order valence-electron chi connectivity index (χ0n) is 14.9. The van der Waals surface area contributed by atoms with Crippen LogP contribution in [0, 0.1) is 6.92 Å². The van der Waals surface area contributed by atoms with Crippen molar-refractivity contribution in [3.8, 4) is 5.75 Å². The van der Waals surface area contributed by atoms with Gasteiger partial charge in [-0.2, -0.15) is 0 Å². The summed E-state index contributed by atoms with van der Waals surface area (Å²) in [6, 6.07) is 11.0. The van der Waals surface area contributed by atoms with Crippen molar-refractivity contribution in [2.45, 2.75) is 11.8 Å². The van der Waals surface area contributed by atoms with E-state index in [1.807, 2.05) is 0 Å². The fraction of sp³-hybridized carbons (Fsp3) is 0.278. The average Bonchev–Trinajstić information content (AvgIpc) is 2.62. The van der Waals surface area contributed by atoms with Gasteiger partial charge in [0, 0.05) is 13.7 Å². The SMILES string of the molecule is COCCNC(=O)c1ccccc1NS(=O)(=O)c1ccc(OC)c(C)c1. The van der Waals surface area contributed by atoms with Crippen LogP contribution in [0.2, 0.25) is 0 Å². The number of aryl methyl sites for hydroxylation is 1. The number of methoxy groups -OCH3 is 2. The van der Waals surface area contributed by atoms with Gasteiger partial charge in [-0.1, -0.05) is 12.1 Å². The summed E-state index contributed by atoms with van der Waals surface area (Å²) in [5, 5.41) is 2.67. The van der Waals surface area contributed by atoms with Crippen molar-refractivity contribution < 1.29 is 22.7 Å². The number of ether oxygens (including phenoxy) is 2. The minimum absolute atomic E-state index is 0.0883. The third-order valence-electron chi connectivity index (χ3n) is 3.68. The van der Waals surface area contributed by atoms with E-state index in [-0.39, 0.29) is 22.1 Å². The van der Waals surface area contributed by atoms with E-state index in [0.29, 0.717) is 24.5 Å². The molecule has 0 radical (unpaired) electrons. The summed E-state index contributed by atoms with van der Waals surface area (Å²) >= 11 is 0. The molecule has 0 saturated carbocycles. The Morgan fingerprint density at radius 3 is 2.50 bits per heavy atom. The fourth-order valence-corrected chi connectivity index (χ4v) is 3.52. The molecule has 0 aliphatic heterocycles. The molecule has 1 amide bonds. The van der Waals surface area contributed by atoms with Crippen molar-refractivity contribution >= 4 is 21.6 Å². The predicted molar refractivity (Wildman–Crippen MR) is 99.2 cm³/mol. The molecular weight excluding hydrogens is 356 g/mol. The van der Waals surface area contributed by atoms with Crippen LogP contribution < -0.4 is 14.8 Å². The van der Waals surface area contributed by atoms with Gasteiger partial charge in [0.2, 0.25) is 0 Å². The van der Waals surface area contributed by atoms with Crippen LogP contribution in [0.15, 0.2) is 47.4 Å². The molecule has 2 N–H and O–H groups in total. The molecule has 0 unspecified atom stereocenters. The van der Waals surface area contributed by atoms with Gasteiger partial charge in [0.1, 0.15) is 5.75 Å². The minimum Gasteiger partial charge on any atom is -0.496 e. The molecule has 7 nitrogen and oxygen atoms in total. The van der Waals surface area contributed by atoms with Crippen molar-refractivity contribution in [3.05, 3.63) is 53.6 Å². The summed E-state index contributed by atoms with van der Waals surface area (Å²) < 4.78 is 37.9. The normalized spacial score (nSPS) is 11.0. The highest BCUT2D eigenvalue weighted by Gasteiger charge is 2.19. The maximum Gasteiger partial charge on any atom is 0.261 e. The van der Waals surface area contributed by atoms with Gasteiger partial charge in [-0.15, -0.1) is 0 Å². The zero-order chi connectivity index (χ0) is 19.2. The van der Waals surface area contributed by atoms with Gasteiger partial charge in [0.25, 0.3) is 15.9 Å². The second-order valence-electron chi connectivity index (χ2n) is 5.53. The van der Waals surface area contributed by atoms with E-state index in [4.69, 9.17) is 9.47 Å². The first-order valence-electron chi connectivity index (χ1n) is 7.92. The van der Waals surface area contributed by atoms with Crippen LogP contribution in [0.25, 0.3) is 0 Å². The number of para-hydroxylation sites is 1. The summed E-state index contributed by atoms with van der Waals surface area (Å²) in [4.78, 5) is 12.4. The quantitative estimate of drug-likeness (QED) is 0.687. The van der Waals surface area contributed by atoms with E-state index in [1.54, 1.807) is 37.3 Å². The van der Waals surface area contributed by atoms with Gasteiger partial charge in [-0.05, 0) is 42.8 Å². The van der Waals surface area contributed by atoms with Gasteiger partial charge < -0.3 is 14.8 Å². The summed E-state index contributed by atoms with van der Waals surface area (Å²) in [6.07, 6.45) is 0. The lowest BCUT2D eigenvalue weighted by Gasteiger charge is -2.13. The Bertz CT molecular complexity index is 881. The summed E-state index contributed by atoms with van der Waals surface area (Å²) in [5.41, 5.74) is 1.13. The molecule has 0 bridgehead atoms. The lowest BCUT2D eigenvalue weighted by molar-refractivity contribution is 0.0938. The first kappa shape index (κ1) is 19.7. The highest BCUT2D eigenvalue weighted by Crippen LogP contribution is 2.24. The van der Waals surface area contributed by atoms with Crippen LogP contribution in [0.4, 0.5) is 5.69 Å². The predicted octanol–water partition coefficient (Wildman–Crippen LogP) is 2.18. The standard InChI is InChI=1S/C18H22N2O5S/c1-13-12-14(8-9-17(13)25-3)26(22,23)20-16-7-5-4-6-15(16)18(21)19-10-11-24-2/h4-9,12,20H,10-11H2,1-3H3,(H,19,21). The van der Waals surface area contributed by atoms with E-state index in [9.17, 15) is 13.2 Å². The average molecular weight is 378 g/mol. The van der Waals surface area contributed by atoms with Crippen LogP contribution in [0.5, 0.6) is 5.75 Å². The van der Waals surface area contributed by atoms with Crippen LogP contribution >= 0.6 is 0 Å². The number of carbonyl (C=O) groups excluding carboxylic acids is 1. The highest BCUT2D eigenvalue weighted by atomic mass is 32.2. The molecule has 0 aliphatic rings. The number of anilines is 1. The van der Waals surface area contributed by atoms with Gasteiger partial charge in [-0.3, -0.25) is 9.52 Å². The molecule has 2 rings (SSSR count). The molecule has 0 atom stereocenters. The number of nitrogens with one attached hydrogen (secondary N) is 2. The molecule has 8 heteroatoms. The Labute approximate surface area is 153 Å². The maximum absolute atomic E-state index is 12.7. The smallest absolute Gasteiger partial charge is 0.261 e. The third-order valence-corrected chi connectivity index (χ3v) is 5.05. The Morgan fingerprint density at radius 1 is 1.12 bits per heavy atom. The molecule has 0 fully saturated rings. The topological polar surface area (TPSA) is 93.7 Å². The van der Waals surface area contributed by atoms with Gasteiger partial charge in [0.15, 0.2) is 0 Å². The highest BCUT2D eigenvalue weighted by molar-refractivity contribution is 7.92. The lowest BCUT2D eigenvalue weighted by Crippen LogP contribution is -2.28. The molecule has 140 valence electrons. The first-order valence-corrected chi connectivity index (χ1v) is 9.41. The first-order chi connectivity index (χ1) is 12.4. The molecule has 0 heterocycles. The Hall–Kier alpha value is -2.58. The lowest BCUT2D eigenvalue weighted by atomic mass is 10.1. The third kappa shape index (κ3) is 4.74.